The van der Waals surface area contributed by atoms with Crippen molar-refractivity contribution in [3.63, 3.8) is 0 Å². The van der Waals surface area contributed by atoms with E-state index in [1.165, 1.54) is 14.0 Å². The summed E-state index contributed by atoms with van der Waals surface area (Å²) in [5.74, 6) is 0.477. The molecule has 0 radical (unpaired) electrons. The lowest BCUT2D eigenvalue weighted by atomic mass is 10.1. The third-order valence-electron chi connectivity index (χ3n) is 4.34. The Balaban J connectivity index is 3.09. The maximum absolute atomic E-state index is 12.6. The number of hydrogen-bond acceptors (Lipinski definition) is 5. The van der Waals surface area contributed by atoms with Crippen LogP contribution >= 0.6 is 0 Å². The summed E-state index contributed by atoms with van der Waals surface area (Å²) in [6, 6.07) is 5.23. The van der Waals surface area contributed by atoms with Gasteiger partial charge in [0, 0.05) is 19.0 Å². The van der Waals surface area contributed by atoms with Gasteiger partial charge in [-0.25, -0.2) is 0 Å². The molecule has 0 aliphatic rings. The Morgan fingerprint density at radius 1 is 1.19 bits per heavy atom. The molecule has 0 aliphatic carbocycles. The number of ether oxygens (including phenoxy) is 1. The summed E-state index contributed by atoms with van der Waals surface area (Å²) in [7, 11) is -2.20. The summed E-state index contributed by atoms with van der Waals surface area (Å²) in [4.78, 5) is 14.4. The van der Waals surface area contributed by atoms with Crippen molar-refractivity contribution >= 4 is 16.0 Å². The van der Waals surface area contributed by atoms with Crippen LogP contribution < -0.4 is 8.92 Å². The summed E-state index contributed by atoms with van der Waals surface area (Å²) in [5, 5.41) is 0. The second kappa shape index (κ2) is 10.4. The first-order valence-electron chi connectivity index (χ1n) is 9.16. The molecule has 0 fully saturated rings. The van der Waals surface area contributed by atoms with Crippen molar-refractivity contribution in [1.29, 1.82) is 0 Å². The van der Waals surface area contributed by atoms with Gasteiger partial charge in [0.05, 0.1) is 12.9 Å². The van der Waals surface area contributed by atoms with E-state index >= 15 is 0 Å². The Kier molecular flexibility index (Phi) is 8.92. The molecule has 0 aromatic heterocycles. The molecule has 26 heavy (non-hydrogen) atoms. The first-order valence-corrected chi connectivity index (χ1v) is 10.7. The third kappa shape index (κ3) is 6.52. The number of hydrogen-bond donors (Lipinski definition) is 0. The summed E-state index contributed by atoms with van der Waals surface area (Å²) in [6.45, 7) is 8.04. The maximum atomic E-state index is 12.6. The smallest absolute Gasteiger partial charge is 0.309 e. The Morgan fingerprint density at radius 3 is 2.42 bits per heavy atom. The first kappa shape index (κ1) is 22.3. The molecular formula is C19H31NO5S. The van der Waals surface area contributed by atoms with Crippen LogP contribution in [0.2, 0.25) is 0 Å². The van der Waals surface area contributed by atoms with Crippen LogP contribution in [0.4, 0.5) is 0 Å². The van der Waals surface area contributed by atoms with Crippen molar-refractivity contribution in [3.8, 4) is 11.5 Å². The van der Waals surface area contributed by atoms with E-state index in [4.69, 9.17) is 8.92 Å². The Morgan fingerprint density at radius 2 is 1.88 bits per heavy atom. The Labute approximate surface area is 157 Å². The number of carbonyl (C=O) groups excluding carboxylic acids is 1. The standard InChI is InChI=1S/C19H31NO5S/c1-6-9-10-19(21)20(15(4)7-2)14-16-11-12-17(24-5)18(13-16)25-26(22,23)8-3/h11-13,15H,6-10,14H2,1-5H3. The molecule has 0 saturated carbocycles. The fourth-order valence-electron chi connectivity index (χ4n) is 2.46. The quantitative estimate of drug-likeness (QED) is 0.543. The molecule has 0 spiro atoms. The van der Waals surface area contributed by atoms with Crippen molar-refractivity contribution in [2.45, 2.75) is 66.0 Å². The molecule has 0 saturated heterocycles. The van der Waals surface area contributed by atoms with E-state index in [9.17, 15) is 13.2 Å². The molecule has 0 N–H and O–H groups in total. The zero-order valence-electron chi connectivity index (χ0n) is 16.4. The highest BCUT2D eigenvalue weighted by Gasteiger charge is 2.20. The second-order valence-corrected chi connectivity index (χ2v) is 8.16. The molecule has 1 atom stereocenters. The molecule has 0 heterocycles. The zero-order valence-corrected chi connectivity index (χ0v) is 17.3. The average Bonchev–Trinajstić information content (AvgIpc) is 2.63. The highest BCUT2D eigenvalue weighted by atomic mass is 32.2. The summed E-state index contributed by atoms with van der Waals surface area (Å²) in [6.07, 6.45) is 3.19. The lowest BCUT2D eigenvalue weighted by Crippen LogP contribution is -2.37. The molecular weight excluding hydrogens is 354 g/mol. The van der Waals surface area contributed by atoms with Gasteiger partial charge in [0.15, 0.2) is 11.5 Å². The third-order valence-corrected chi connectivity index (χ3v) is 5.48. The molecule has 1 unspecified atom stereocenters. The normalized spacial score (nSPS) is 12.5. The van der Waals surface area contributed by atoms with Crippen molar-refractivity contribution in [3.05, 3.63) is 23.8 Å². The van der Waals surface area contributed by atoms with Crippen LogP contribution in [0.1, 0.15) is 58.9 Å². The Bertz CT molecular complexity index is 687. The zero-order chi connectivity index (χ0) is 19.7. The van der Waals surface area contributed by atoms with E-state index < -0.39 is 10.1 Å². The predicted molar refractivity (Wildman–Crippen MR) is 103 cm³/mol. The number of amides is 1. The van der Waals surface area contributed by atoms with Gasteiger partial charge in [-0.3, -0.25) is 4.79 Å². The van der Waals surface area contributed by atoms with Gasteiger partial charge in [0.2, 0.25) is 5.91 Å². The fraction of sp³-hybridized carbons (Fsp3) is 0.632. The number of benzene rings is 1. The van der Waals surface area contributed by atoms with Crippen molar-refractivity contribution in [1.82, 2.24) is 4.90 Å². The van der Waals surface area contributed by atoms with Gasteiger partial charge in [0.25, 0.3) is 0 Å². The molecule has 1 aromatic carbocycles. The summed E-state index contributed by atoms with van der Waals surface area (Å²) < 4.78 is 34.0. The van der Waals surface area contributed by atoms with Gasteiger partial charge < -0.3 is 13.8 Å². The van der Waals surface area contributed by atoms with E-state index in [1.54, 1.807) is 12.1 Å². The van der Waals surface area contributed by atoms with Gasteiger partial charge in [-0.15, -0.1) is 0 Å². The lowest BCUT2D eigenvalue weighted by Gasteiger charge is -2.29. The fourth-order valence-corrected chi connectivity index (χ4v) is 2.98. The van der Waals surface area contributed by atoms with E-state index in [1.807, 2.05) is 24.8 Å². The molecule has 1 aromatic rings. The van der Waals surface area contributed by atoms with Crippen molar-refractivity contribution in [2.75, 3.05) is 12.9 Å². The van der Waals surface area contributed by atoms with Gasteiger partial charge in [0.1, 0.15) is 0 Å². The number of carbonyl (C=O) groups is 1. The highest BCUT2D eigenvalue weighted by Crippen LogP contribution is 2.30. The van der Waals surface area contributed by atoms with Gasteiger partial charge in [-0.05, 0) is 44.4 Å². The molecule has 148 valence electrons. The predicted octanol–water partition coefficient (Wildman–Crippen LogP) is 3.74. The van der Waals surface area contributed by atoms with Crippen molar-refractivity contribution < 1.29 is 22.1 Å². The van der Waals surface area contributed by atoms with E-state index in [2.05, 4.69) is 6.92 Å². The van der Waals surface area contributed by atoms with Gasteiger partial charge in [-0.1, -0.05) is 26.3 Å². The van der Waals surface area contributed by atoms with E-state index in [0.29, 0.717) is 18.7 Å². The van der Waals surface area contributed by atoms with Crippen molar-refractivity contribution in [2.24, 2.45) is 0 Å². The summed E-state index contributed by atoms with van der Waals surface area (Å²) >= 11 is 0. The minimum Gasteiger partial charge on any atom is -0.493 e. The number of nitrogens with zero attached hydrogens (tertiary/aromatic N) is 1. The molecule has 0 aliphatic heterocycles. The summed E-state index contributed by atoms with van der Waals surface area (Å²) in [5.41, 5.74) is 0.803. The van der Waals surface area contributed by atoms with E-state index in [0.717, 1.165) is 24.8 Å². The molecule has 1 rings (SSSR count). The number of unbranched alkanes of at least 4 members (excludes halogenated alkanes) is 1. The van der Waals surface area contributed by atoms with E-state index in [-0.39, 0.29) is 23.5 Å². The van der Waals surface area contributed by atoms with Gasteiger partial charge >= 0.3 is 10.1 Å². The minimum atomic E-state index is -3.66. The molecule has 1 amide bonds. The number of rotatable bonds is 11. The maximum Gasteiger partial charge on any atom is 0.309 e. The molecule has 0 bridgehead atoms. The average molecular weight is 386 g/mol. The van der Waals surface area contributed by atoms with Crippen LogP contribution in [0.25, 0.3) is 0 Å². The van der Waals surface area contributed by atoms with Crippen LogP contribution in [-0.4, -0.2) is 38.1 Å². The number of methoxy groups -OCH3 is 1. The van der Waals surface area contributed by atoms with Crippen LogP contribution in [-0.2, 0) is 21.5 Å². The van der Waals surface area contributed by atoms with Gasteiger partial charge in [-0.2, -0.15) is 8.42 Å². The monoisotopic (exact) mass is 385 g/mol. The first-order chi connectivity index (χ1) is 12.3. The largest absolute Gasteiger partial charge is 0.493 e. The Hall–Kier alpha value is -1.76. The molecule has 6 nitrogen and oxygen atoms in total. The lowest BCUT2D eigenvalue weighted by molar-refractivity contribution is -0.134. The van der Waals surface area contributed by atoms with Crippen LogP contribution in [0.15, 0.2) is 18.2 Å². The minimum absolute atomic E-state index is 0.102. The highest BCUT2D eigenvalue weighted by molar-refractivity contribution is 7.87. The second-order valence-electron chi connectivity index (χ2n) is 6.30. The van der Waals surface area contributed by atoms with Crippen LogP contribution in [0.5, 0.6) is 11.5 Å². The topological polar surface area (TPSA) is 72.9 Å². The van der Waals surface area contributed by atoms with Crippen LogP contribution in [0.3, 0.4) is 0 Å². The van der Waals surface area contributed by atoms with Crippen LogP contribution in [0, 0.1) is 0 Å². The molecule has 7 heteroatoms. The SMILES string of the molecule is CCCCC(=O)N(Cc1ccc(OC)c(OS(=O)(=O)CC)c1)C(C)CC.